The molecule has 1 N–H and O–H groups in total. The van der Waals surface area contributed by atoms with Gasteiger partial charge in [0.25, 0.3) is 11.8 Å². The normalized spacial score (nSPS) is 9.92. The van der Waals surface area contributed by atoms with Crippen LogP contribution in [0.15, 0.2) is 61.2 Å². The van der Waals surface area contributed by atoms with Gasteiger partial charge in [-0.25, -0.2) is 0 Å². The quantitative estimate of drug-likeness (QED) is 0.830. The van der Waals surface area contributed by atoms with Crippen LogP contribution in [0.5, 0.6) is 5.75 Å². The first-order valence-electron chi connectivity index (χ1n) is 7.48. The van der Waals surface area contributed by atoms with Crippen LogP contribution in [0, 0.1) is 0 Å². The van der Waals surface area contributed by atoms with Gasteiger partial charge in [-0.3, -0.25) is 9.59 Å². The van der Waals surface area contributed by atoms with Crippen molar-refractivity contribution in [3.05, 3.63) is 72.3 Å². The summed E-state index contributed by atoms with van der Waals surface area (Å²) in [6.45, 7) is 4.00. The minimum atomic E-state index is -0.250. The summed E-state index contributed by atoms with van der Waals surface area (Å²) in [5, 5.41) is 2.79. The summed E-state index contributed by atoms with van der Waals surface area (Å²) in [7, 11) is 3.37. The number of hydrogen-bond acceptors (Lipinski definition) is 3. The van der Waals surface area contributed by atoms with Crippen molar-refractivity contribution < 1.29 is 14.3 Å². The van der Waals surface area contributed by atoms with E-state index in [9.17, 15) is 9.59 Å². The molecule has 0 aliphatic rings. The zero-order chi connectivity index (χ0) is 17.5. The van der Waals surface area contributed by atoms with Crippen LogP contribution >= 0.6 is 0 Å². The predicted molar refractivity (Wildman–Crippen MR) is 94.5 cm³/mol. The van der Waals surface area contributed by atoms with Gasteiger partial charge in [-0.15, -0.1) is 0 Å². The Hall–Kier alpha value is -3.08. The van der Waals surface area contributed by atoms with Gasteiger partial charge in [0, 0.05) is 30.9 Å². The van der Waals surface area contributed by atoms with Crippen LogP contribution in [0.1, 0.15) is 20.7 Å². The van der Waals surface area contributed by atoms with Crippen molar-refractivity contribution in [2.45, 2.75) is 0 Å². The van der Waals surface area contributed by atoms with E-state index in [1.54, 1.807) is 68.7 Å². The third kappa shape index (κ3) is 4.46. The van der Waals surface area contributed by atoms with Crippen molar-refractivity contribution in [3.8, 4) is 5.75 Å². The second-order valence-electron chi connectivity index (χ2n) is 5.36. The SMILES string of the molecule is C=CCOc1ccc(C(=O)Nc2cccc(C(=O)N(C)C)c2)cc1. The highest BCUT2D eigenvalue weighted by atomic mass is 16.5. The van der Waals surface area contributed by atoms with Crippen molar-refractivity contribution in [2.75, 3.05) is 26.0 Å². The van der Waals surface area contributed by atoms with Crippen molar-refractivity contribution in [3.63, 3.8) is 0 Å². The molecule has 0 saturated carbocycles. The molecule has 5 heteroatoms. The fourth-order valence-electron chi connectivity index (χ4n) is 2.05. The summed E-state index contributed by atoms with van der Waals surface area (Å²) in [6.07, 6.45) is 1.66. The van der Waals surface area contributed by atoms with E-state index in [0.29, 0.717) is 29.2 Å². The van der Waals surface area contributed by atoms with Gasteiger partial charge in [-0.1, -0.05) is 18.7 Å². The first-order chi connectivity index (χ1) is 11.5. The number of rotatable bonds is 6. The standard InChI is InChI=1S/C19H20N2O3/c1-4-12-24-17-10-8-14(9-11-17)18(22)20-16-7-5-6-15(13-16)19(23)21(2)3/h4-11,13H,1,12H2,2-3H3,(H,20,22). The molecule has 2 rings (SSSR count). The monoisotopic (exact) mass is 324 g/mol. The molecular weight excluding hydrogens is 304 g/mol. The van der Waals surface area contributed by atoms with E-state index in [0.717, 1.165) is 0 Å². The van der Waals surface area contributed by atoms with Gasteiger partial charge in [0.15, 0.2) is 0 Å². The first-order valence-corrected chi connectivity index (χ1v) is 7.48. The maximum absolute atomic E-state index is 12.3. The molecule has 0 bridgehead atoms. The van der Waals surface area contributed by atoms with Crippen molar-refractivity contribution in [1.29, 1.82) is 0 Å². The van der Waals surface area contributed by atoms with Crippen LogP contribution in [-0.2, 0) is 0 Å². The van der Waals surface area contributed by atoms with Crippen LogP contribution in [-0.4, -0.2) is 37.4 Å². The molecule has 0 aliphatic carbocycles. The molecule has 0 unspecified atom stereocenters. The maximum atomic E-state index is 12.3. The van der Waals surface area contributed by atoms with Gasteiger partial charge in [0.2, 0.25) is 0 Å². The van der Waals surface area contributed by atoms with Crippen molar-refractivity contribution in [1.82, 2.24) is 4.90 Å². The van der Waals surface area contributed by atoms with Gasteiger partial charge < -0.3 is 15.0 Å². The highest BCUT2D eigenvalue weighted by molar-refractivity contribution is 6.05. The molecule has 0 spiro atoms. The number of carbonyl (C=O) groups is 2. The molecular formula is C19H20N2O3. The Labute approximate surface area is 141 Å². The molecule has 24 heavy (non-hydrogen) atoms. The highest BCUT2D eigenvalue weighted by Crippen LogP contribution is 2.16. The number of benzene rings is 2. The fraction of sp³-hybridized carbons (Fsp3) is 0.158. The van der Waals surface area contributed by atoms with E-state index in [2.05, 4.69) is 11.9 Å². The number of nitrogens with zero attached hydrogens (tertiary/aromatic N) is 1. The Bertz CT molecular complexity index is 737. The fourth-order valence-corrected chi connectivity index (χ4v) is 2.05. The lowest BCUT2D eigenvalue weighted by atomic mass is 10.1. The molecule has 0 radical (unpaired) electrons. The van der Waals surface area contributed by atoms with Gasteiger partial charge in [0.05, 0.1) is 0 Å². The molecule has 124 valence electrons. The summed E-state index contributed by atoms with van der Waals surface area (Å²) in [5.41, 5.74) is 1.59. The number of ether oxygens (including phenoxy) is 1. The third-order valence-electron chi connectivity index (χ3n) is 3.26. The lowest BCUT2D eigenvalue weighted by molar-refractivity contribution is 0.0827. The van der Waals surface area contributed by atoms with Gasteiger partial charge in [-0.05, 0) is 42.5 Å². The van der Waals surface area contributed by atoms with E-state index >= 15 is 0 Å². The lowest BCUT2D eigenvalue weighted by Gasteiger charge is -2.12. The van der Waals surface area contributed by atoms with E-state index in [1.807, 2.05) is 0 Å². The summed E-state index contributed by atoms with van der Waals surface area (Å²) < 4.78 is 5.38. The van der Waals surface area contributed by atoms with Crippen LogP contribution in [0.4, 0.5) is 5.69 Å². The Morgan fingerprint density at radius 3 is 2.46 bits per heavy atom. The van der Waals surface area contributed by atoms with Crippen molar-refractivity contribution >= 4 is 17.5 Å². The Morgan fingerprint density at radius 2 is 1.83 bits per heavy atom. The largest absolute Gasteiger partial charge is 0.490 e. The van der Waals surface area contributed by atoms with Crippen LogP contribution in [0.3, 0.4) is 0 Å². The second-order valence-corrected chi connectivity index (χ2v) is 5.36. The van der Waals surface area contributed by atoms with Crippen LogP contribution < -0.4 is 10.1 Å². The summed E-state index contributed by atoms with van der Waals surface area (Å²) in [5.74, 6) is 0.305. The van der Waals surface area contributed by atoms with Gasteiger partial charge in [0.1, 0.15) is 12.4 Å². The lowest BCUT2D eigenvalue weighted by Crippen LogP contribution is -2.21. The zero-order valence-electron chi connectivity index (χ0n) is 13.8. The van der Waals surface area contributed by atoms with E-state index in [-0.39, 0.29) is 11.8 Å². The molecule has 2 aromatic carbocycles. The topological polar surface area (TPSA) is 58.6 Å². The molecule has 0 atom stereocenters. The molecule has 0 heterocycles. The average molecular weight is 324 g/mol. The van der Waals surface area contributed by atoms with Crippen LogP contribution in [0.25, 0.3) is 0 Å². The summed E-state index contributed by atoms with van der Waals surface area (Å²) >= 11 is 0. The van der Waals surface area contributed by atoms with Crippen molar-refractivity contribution in [2.24, 2.45) is 0 Å². The summed E-state index contributed by atoms with van der Waals surface area (Å²) in [4.78, 5) is 25.7. The number of nitrogens with one attached hydrogen (secondary N) is 1. The molecule has 5 nitrogen and oxygen atoms in total. The third-order valence-corrected chi connectivity index (χ3v) is 3.26. The zero-order valence-corrected chi connectivity index (χ0v) is 13.8. The molecule has 0 fully saturated rings. The molecule has 2 aromatic rings. The number of amides is 2. The van der Waals surface area contributed by atoms with Crippen LogP contribution in [0.2, 0.25) is 0 Å². The summed E-state index contributed by atoms with van der Waals surface area (Å²) in [6, 6.07) is 13.7. The minimum Gasteiger partial charge on any atom is -0.490 e. The Morgan fingerprint density at radius 1 is 1.12 bits per heavy atom. The molecule has 0 aliphatic heterocycles. The molecule has 0 aromatic heterocycles. The highest BCUT2D eigenvalue weighted by Gasteiger charge is 2.10. The minimum absolute atomic E-state index is 0.116. The maximum Gasteiger partial charge on any atom is 0.255 e. The smallest absolute Gasteiger partial charge is 0.255 e. The molecule has 2 amide bonds. The van der Waals surface area contributed by atoms with Gasteiger partial charge in [-0.2, -0.15) is 0 Å². The van der Waals surface area contributed by atoms with E-state index in [1.165, 1.54) is 4.90 Å². The first kappa shape index (κ1) is 17.3. The van der Waals surface area contributed by atoms with E-state index < -0.39 is 0 Å². The number of anilines is 1. The predicted octanol–water partition coefficient (Wildman–Crippen LogP) is 3.21. The number of hydrogen-bond donors (Lipinski definition) is 1. The Kier molecular flexibility index (Phi) is 5.73. The second kappa shape index (κ2) is 7.97. The number of carbonyl (C=O) groups excluding carboxylic acids is 2. The Balaban J connectivity index is 2.08. The van der Waals surface area contributed by atoms with E-state index in [4.69, 9.17) is 4.74 Å². The molecule has 0 saturated heterocycles. The average Bonchev–Trinajstić information content (AvgIpc) is 2.59. The van der Waals surface area contributed by atoms with Gasteiger partial charge >= 0.3 is 0 Å².